The molecule has 3 rings (SSSR count). The fourth-order valence-corrected chi connectivity index (χ4v) is 2.58. The summed E-state index contributed by atoms with van der Waals surface area (Å²) in [6.07, 6.45) is 0. The Kier molecular flexibility index (Phi) is 3.32. The summed E-state index contributed by atoms with van der Waals surface area (Å²) in [6.45, 7) is 2.72. The van der Waals surface area contributed by atoms with Crippen molar-refractivity contribution in [3.8, 4) is 0 Å². The van der Waals surface area contributed by atoms with Gasteiger partial charge in [-0.15, -0.1) is 0 Å². The van der Waals surface area contributed by atoms with E-state index in [2.05, 4.69) is 17.0 Å². The van der Waals surface area contributed by atoms with Gasteiger partial charge in [0.05, 0.1) is 6.61 Å². The lowest BCUT2D eigenvalue weighted by Gasteiger charge is -2.14. The first kappa shape index (κ1) is 12.3. The molecule has 2 aromatic rings. The van der Waals surface area contributed by atoms with E-state index in [1.165, 1.54) is 23.3 Å². The van der Waals surface area contributed by atoms with Crippen molar-refractivity contribution >= 4 is 0 Å². The monoisotopic (exact) mass is 257 g/mol. The number of fused-ring (bicyclic) bond motifs is 1. The van der Waals surface area contributed by atoms with Crippen molar-refractivity contribution in [2.75, 3.05) is 0 Å². The summed E-state index contributed by atoms with van der Waals surface area (Å²) in [5, 5.41) is 9.15. The molecular formula is C16H16FNO. The molecular weight excluding hydrogens is 241 g/mol. The van der Waals surface area contributed by atoms with Crippen LogP contribution in [-0.2, 0) is 26.2 Å². The van der Waals surface area contributed by atoms with Crippen LogP contribution in [-0.4, -0.2) is 10.0 Å². The van der Waals surface area contributed by atoms with E-state index in [4.69, 9.17) is 5.11 Å². The van der Waals surface area contributed by atoms with Gasteiger partial charge < -0.3 is 5.11 Å². The number of rotatable bonds is 3. The maximum atomic E-state index is 12.9. The van der Waals surface area contributed by atoms with Crippen molar-refractivity contribution < 1.29 is 9.50 Å². The predicted octanol–water partition coefficient (Wildman–Crippen LogP) is 2.83. The zero-order chi connectivity index (χ0) is 13.2. The van der Waals surface area contributed by atoms with E-state index >= 15 is 0 Å². The van der Waals surface area contributed by atoms with E-state index in [0.717, 1.165) is 30.8 Å². The Balaban J connectivity index is 1.71. The summed E-state index contributed by atoms with van der Waals surface area (Å²) >= 11 is 0. The van der Waals surface area contributed by atoms with Gasteiger partial charge >= 0.3 is 0 Å². The molecule has 0 unspecified atom stereocenters. The minimum absolute atomic E-state index is 0.0885. The van der Waals surface area contributed by atoms with E-state index < -0.39 is 0 Å². The molecule has 0 fully saturated rings. The molecule has 1 aliphatic rings. The largest absolute Gasteiger partial charge is 0.392 e. The predicted molar refractivity (Wildman–Crippen MR) is 71.7 cm³/mol. The van der Waals surface area contributed by atoms with Crippen LogP contribution >= 0.6 is 0 Å². The minimum atomic E-state index is -0.193. The Labute approximate surface area is 112 Å². The average molecular weight is 257 g/mol. The zero-order valence-electron chi connectivity index (χ0n) is 10.6. The van der Waals surface area contributed by atoms with E-state index in [9.17, 15) is 4.39 Å². The molecule has 0 aromatic heterocycles. The molecule has 0 saturated heterocycles. The lowest BCUT2D eigenvalue weighted by molar-refractivity contribution is 0.274. The van der Waals surface area contributed by atoms with E-state index in [0.29, 0.717) is 0 Å². The smallest absolute Gasteiger partial charge is 0.123 e. The maximum Gasteiger partial charge on any atom is 0.123 e. The van der Waals surface area contributed by atoms with Crippen molar-refractivity contribution in [2.24, 2.45) is 0 Å². The molecule has 1 N–H and O–H groups in total. The van der Waals surface area contributed by atoms with Gasteiger partial charge in [0.1, 0.15) is 5.82 Å². The highest BCUT2D eigenvalue weighted by Gasteiger charge is 2.18. The summed E-state index contributed by atoms with van der Waals surface area (Å²) in [5.74, 6) is -0.193. The van der Waals surface area contributed by atoms with Gasteiger partial charge in [-0.2, -0.15) is 0 Å². The highest BCUT2D eigenvalue weighted by molar-refractivity contribution is 5.34. The van der Waals surface area contributed by atoms with Crippen LogP contribution in [0, 0.1) is 5.82 Å². The third-order valence-electron chi connectivity index (χ3n) is 3.56. The van der Waals surface area contributed by atoms with Gasteiger partial charge in [0.25, 0.3) is 0 Å². The van der Waals surface area contributed by atoms with Crippen LogP contribution in [0.5, 0.6) is 0 Å². The first-order valence-electron chi connectivity index (χ1n) is 6.43. The molecule has 0 bridgehead atoms. The minimum Gasteiger partial charge on any atom is -0.392 e. The molecule has 3 heteroatoms. The van der Waals surface area contributed by atoms with Crippen LogP contribution < -0.4 is 0 Å². The van der Waals surface area contributed by atoms with E-state index in [1.807, 2.05) is 18.2 Å². The molecule has 1 heterocycles. The second-order valence-electron chi connectivity index (χ2n) is 5.03. The van der Waals surface area contributed by atoms with Gasteiger partial charge in [-0.3, -0.25) is 4.90 Å². The molecule has 0 atom stereocenters. The summed E-state index contributed by atoms with van der Waals surface area (Å²) in [5.41, 5.74) is 4.69. The fraction of sp³-hybridized carbons (Fsp3) is 0.250. The third-order valence-corrected chi connectivity index (χ3v) is 3.56. The maximum absolute atomic E-state index is 12.9. The van der Waals surface area contributed by atoms with Crippen LogP contribution in [0.25, 0.3) is 0 Å². The topological polar surface area (TPSA) is 23.5 Å². The average Bonchev–Trinajstić information content (AvgIpc) is 2.82. The van der Waals surface area contributed by atoms with Crippen molar-refractivity contribution in [1.82, 2.24) is 4.90 Å². The standard InChI is InChI=1S/C16H16FNO/c17-16-5-2-12(3-6-16)8-18-9-14-4-1-13(11-19)7-15(14)10-18/h1-7,19H,8-11H2. The van der Waals surface area contributed by atoms with Crippen LogP contribution in [0.15, 0.2) is 42.5 Å². The van der Waals surface area contributed by atoms with Crippen molar-refractivity contribution in [3.63, 3.8) is 0 Å². The number of aliphatic hydroxyl groups excluding tert-OH is 1. The lowest BCUT2D eigenvalue weighted by atomic mass is 10.1. The second kappa shape index (κ2) is 5.11. The summed E-state index contributed by atoms with van der Waals surface area (Å²) in [7, 11) is 0. The first-order chi connectivity index (χ1) is 9.24. The molecule has 0 aliphatic carbocycles. The molecule has 0 saturated carbocycles. The molecule has 2 nitrogen and oxygen atoms in total. The lowest BCUT2D eigenvalue weighted by Crippen LogP contribution is -2.15. The Hall–Kier alpha value is -1.71. The van der Waals surface area contributed by atoms with Crippen molar-refractivity contribution in [1.29, 1.82) is 0 Å². The normalized spacial score (nSPS) is 14.6. The van der Waals surface area contributed by atoms with Crippen molar-refractivity contribution in [3.05, 3.63) is 70.5 Å². The summed E-state index contributed by atoms with van der Waals surface area (Å²) < 4.78 is 12.9. The van der Waals surface area contributed by atoms with Gasteiger partial charge in [-0.05, 0) is 34.4 Å². The van der Waals surface area contributed by atoms with Crippen LogP contribution in [0.2, 0.25) is 0 Å². The van der Waals surface area contributed by atoms with Crippen LogP contribution in [0.1, 0.15) is 22.3 Å². The summed E-state index contributed by atoms with van der Waals surface area (Å²) in [4.78, 5) is 2.32. The number of benzene rings is 2. The van der Waals surface area contributed by atoms with E-state index in [-0.39, 0.29) is 12.4 Å². The fourth-order valence-electron chi connectivity index (χ4n) is 2.58. The summed E-state index contributed by atoms with van der Waals surface area (Å²) in [6, 6.07) is 12.8. The Morgan fingerprint density at radius 1 is 0.947 bits per heavy atom. The second-order valence-corrected chi connectivity index (χ2v) is 5.03. The SMILES string of the molecule is OCc1ccc2c(c1)CN(Cc1ccc(F)cc1)C2. The van der Waals surface area contributed by atoms with Gasteiger partial charge in [0.15, 0.2) is 0 Å². The number of halogens is 1. The molecule has 98 valence electrons. The first-order valence-corrected chi connectivity index (χ1v) is 6.43. The third kappa shape index (κ3) is 2.67. The molecule has 1 aliphatic heterocycles. The van der Waals surface area contributed by atoms with Gasteiger partial charge in [-0.25, -0.2) is 4.39 Å². The Morgan fingerprint density at radius 2 is 1.63 bits per heavy atom. The molecule has 0 radical (unpaired) electrons. The van der Waals surface area contributed by atoms with Gasteiger partial charge in [0.2, 0.25) is 0 Å². The quantitative estimate of drug-likeness (QED) is 0.914. The molecule has 2 aromatic carbocycles. The highest BCUT2D eigenvalue weighted by atomic mass is 19.1. The Bertz CT molecular complexity index is 580. The molecule has 19 heavy (non-hydrogen) atoms. The van der Waals surface area contributed by atoms with Crippen molar-refractivity contribution in [2.45, 2.75) is 26.2 Å². The number of aliphatic hydroxyl groups is 1. The Morgan fingerprint density at radius 3 is 2.37 bits per heavy atom. The molecule has 0 spiro atoms. The van der Waals surface area contributed by atoms with Gasteiger partial charge in [-0.1, -0.05) is 30.3 Å². The van der Waals surface area contributed by atoms with Gasteiger partial charge in [0, 0.05) is 19.6 Å². The van der Waals surface area contributed by atoms with Crippen LogP contribution in [0.3, 0.4) is 0 Å². The molecule has 0 amide bonds. The number of hydrogen-bond donors (Lipinski definition) is 1. The van der Waals surface area contributed by atoms with E-state index in [1.54, 1.807) is 0 Å². The highest BCUT2D eigenvalue weighted by Crippen LogP contribution is 2.25. The zero-order valence-corrected chi connectivity index (χ0v) is 10.6. The number of nitrogens with zero attached hydrogens (tertiary/aromatic N) is 1. The van der Waals surface area contributed by atoms with Crippen LogP contribution in [0.4, 0.5) is 4.39 Å². The number of hydrogen-bond acceptors (Lipinski definition) is 2.